The maximum Gasteiger partial charge on any atom is 0.0900 e. The minimum Gasteiger partial charge on any atom is -0.389 e. The summed E-state index contributed by atoms with van der Waals surface area (Å²) < 4.78 is 11.2. The van der Waals surface area contributed by atoms with Crippen molar-refractivity contribution < 1.29 is 14.6 Å². The third-order valence-corrected chi connectivity index (χ3v) is 3.67. The summed E-state index contributed by atoms with van der Waals surface area (Å²) in [6, 6.07) is 20.1. The second-order valence-corrected chi connectivity index (χ2v) is 5.95. The first-order valence-electron chi connectivity index (χ1n) is 8.34. The zero-order valence-electron chi connectivity index (χ0n) is 14.3. The van der Waals surface area contributed by atoms with Gasteiger partial charge >= 0.3 is 0 Å². The van der Waals surface area contributed by atoms with E-state index in [1.54, 1.807) is 0 Å². The second-order valence-electron chi connectivity index (χ2n) is 5.95. The Labute approximate surface area is 144 Å². The van der Waals surface area contributed by atoms with Crippen LogP contribution in [0.3, 0.4) is 0 Å². The van der Waals surface area contributed by atoms with Gasteiger partial charge in [-0.25, -0.2) is 0 Å². The van der Waals surface area contributed by atoms with Crippen LogP contribution in [0.25, 0.3) is 0 Å². The molecule has 0 aromatic heterocycles. The largest absolute Gasteiger partial charge is 0.389 e. The van der Waals surface area contributed by atoms with E-state index < -0.39 is 6.10 Å². The molecular weight excluding hydrogens is 302 g/mol. The Balaban J connectivity index is 1.52. The molecular formula is C20H27NO3. The lowest BCUT2D eigenvalue weighted by Crippen LogP contribution is -2.34. The van der Waals surface area contributed by atoms with Crippen LogP contribution in [0.4, 0.5) is 0 Å². The lowest BCUT2D eigenvalue weighted by molar-refractivity contribution is 0.00856. The van der Waals surface area contributed by atoms with Crippen molar-refractivity contribution in [3.63, 3.8) is 0 Å². The molecule has 2 aromatic carbocycles. The normalized spacial score (nSPS) is 12.5. The number of aliphatic hydroxyl groups excluding tert-OH is 1. The first kappa shape index (κ1) is 18.6. The minimum atomic E-state index is -0.493. The topological polar surface area (TPSA) is 41.9 Å². The van der Waals surface area contributed by atoms with Gasteiger partial charge in [-0.1, -0.05) is 60.7 Å². The fourth-order valence-corrected chi connectivity index (χ4v) is 2.38. The predicted octanol–water partition coefficient (Wildman–Crippen LogP) is 2.71. The van der Waals surface area contributed by atoms with Crippen LogP contribution >= 0.6 is 0 Å². The van der Waals surface area contributed by atoms with Gasteiger partial charge in [0.15, 0.2) is 0 Å². The van der Waals surface area contributed by atoms with Crippen LogP contribution < -0.4 is 0 Å². The highest BCUT2D eigenvalue weighted by molar-refractivity contribution is 5.14. The lowest BCUT2D eigenvalue weighted by Gasteiger charge is -2.20. The van der Waals surface area contributed by atoms with E-state index in [0.717, 1.165) is 12.1 Å². The number of rotatable bonds is 11. The van der Waals surface area contributed by atoms with E-state index in [2.05, 4.69) is 17.0 Å². The second kappa shape index (κ2) is 10.9. The summed E-state index contributed by atoms with van der Waals surface area (Å²) in [4.78, 5) is 2.06. The molecule has 4 nitrogen and oxygen atoms in total. The molecule has 24 heavy (non-hydrogen) atoms. The van der Waals surface area contributed by atoms with Gasteiger partial charge in [0.2, 0.25) is 0 Å². The smallest absolute Gasteiger partial charge is 0.0900 e. The van der Waals surface area contributed by atoms with Gasteiger partial charge in [-0.2, -0.15) is 0 Å². The highest BCUT2D eigenvalue weighted by Crippen LogP contribution is 2.02. The zero-order chi connectivity index (χ0) is 17.0. The molecule has 0 fully saturated rings. The molecule has 1 N–H and O–H groups in total. The molecule has 0 amide bonds. The summed E-state index contributed by atoms with van der Waals surface area (Å²) in [5.41, 5.74) is 2.29. The first-order chi connectivity index (χ1) is 11.7. The van der Waals surface area contributed by atoms with Gasteiger partial charge < -0.3 is 19.5 Å². The van der Waals surface area contributed by atoms with Crippen LogP contribution in [-0.4, -0.2) is 49.5 Å². The van der Waals surface area contributed by atoms with Crippen LogP contribution in [0.1, 0.15) is 11.1 Å². The van der Waals surface area contributed by atoms with Crippen LogP contribution in [0.15, 0.2) is 60.7 Å². The molecule has 0 heterocycles. The van der Waals surface area contributed by atoms with E-state index >= 15 is 0 Å². The van der Waals surface area contributed by atoms with E-state index in [-0.39, 0.29) is 0 Å². The van der Waals surface area contributed by atoms with E-state index in [0.29, 0.717) is 33.0 Å². The van der Waals surface area contributed by atoms with Crippen molar-refractivity contribution in [2.45, 2.75) is 19.3 Å². The van der Waals surface area contributed by atoms with E-state index in [1.807, 2.05) is 55.6 Å². The molecule has 2 rings (SSSR count). The molecule has 0 aliphatic rings. The molecule has 4 heteroatoms. The highest BCUT2D eigenvalue weighted by atomic mass is 16.5. The summed E-state index contributed by atoms with van der Waals surface area (Å²) in [7, 11) is 1.98. The number of aliphatic hydroxyl groups is 1. The zero-order valence-corrected chi connectivity index (χ0v) is 14.3. The number of benzene rings is 2. The Morgan fingerprint density at radius 3 is 2.00 bits per heavy atom. The van der Waals surface area contributed by atoms with Gasteiger partial charge in [0.1, 0.15) is 0 Å². The van der Waals surface area contributed by atoms with Gasteiger partial charge in [-0.3, -0.25) is 0 Å². The third-order valence-electron chi connectivity index (χ3n) is 3.67. The minimum absolute atomic E-state index is 0.337. The highest BCUT2D eigenvalue weighted by Gasteiger charge is 2.08. The summed E-state index contributed by atoms with van der Waals surface area (Å²) in [5.74, 6) is 0. The SMILES string of the molecule is CN(CCOCc1ccccc1)CC(O)COCc1ccccc1. The fraction of sp³-hybridized carbons (Fsp3) is 0.400. The fourth-order valence-electron chi connectivity index (χ4n) is 2.38. The molecule has 0 aliphatic carbocycles. The van der Waals surface area contributed by atoms with Gasteiger partial charge in [0.05, 0.1) is 32.5 Å². The molecule has 0 saturated heterocycles. The quantitative estimate of drug-likeness (QED) is 0.644. The van der Waals surface area contributed by atoms with E-state index in [4.69, 9.17) is 9.47 Å². The number of hydrogen-bond donors (Lipinski definition) is 1. The van der Waals surface area contributed by atoms with Gasteiger partial charge in [-0.15, -0.1) is 0 Å². The van der Waals surface area contributed by atoms with Crippen LogP contribution in [0.2, 0.25) is 0 Å². The monoisotopic (exact) mass is 329 g/mol. The Morgan fingerprint density at radius 2 is 1.42 bits per heavy atom. The van der Waals surface area contributed by atoms with Crippen molar-refractivity contribution in [3.8, 4) is 0 Å². The third kappa shape index (κ3) is 7.70. The summed E-state index contributed by atoms with van der Waals surface area (Å²) in [5, 5.41) is 10.0. The average Bonchev–Trinajstić information content (AvgIpc) is 2.60. The van der Waals surface area contributed by atoms with Crippen LogP contribution in [-0.2, 0) is 22.7 Å². The molecule has 130 valence electrons. The molecule has 0 aliphatic heterocycles. The summed E-state index contributed by atoms with van der Waals surface area (Å²) in [6.07, 6.45) is -0.493. The molecule has 1 unspecified atom stereocenters. The van der Waals surface area contributed by atoms with Crippen molar-refractivity contribution in [2.24, 2.45) is 0 Å². The van der Waals surface area contributed by atoms with Crippen LogP contribution in [0.5, 0.6) is 0 Å². The molecule has 2 aromatic rings. The average molecular weight is 329 g/mol. The maximum atomic E-state index is 10.0. The number of likely N-dealkylation sites (N-methyl/N-ethyl adjacent to an activating group) is 1. The standard InChI is InChI=1S/C20H27NO3/c1-21(12-13-23-15-18-8-4-2-5-9-18)14-20(22)17-24-16-19-10-6-3-7-11-19/h2-11,20,22H,12-17H2,1H3. The maximum absolute atomic E-state index is 10.0. The van der Waals surface area contributed by atoms with Gasteiger partial charge in [0, 0.05) is 13.1 Å². The first-order valence-corrected chi connectivity index (χ1v) is 8.34. The lowest BCUT2D eigenvalue weighted by atomic mass is 10.2. The van der Waals surface area contributed by atoms with Crippen molar-refractivity contribution in [1.82, 2.24) is 4.90 Å². The Kier molecular flexibility index (Phi) is 8.49. The molecule has 0 saturated carbocycles. The number of ether oxygens (including phenoxy) is 2. The van der Waals surface area contributed by atoms with Crippen molar-refractivity contribution in [1.29, 1.82) is 0 Å². The van der Waals surface area contributed by atoms with Crippen molar-refractivity contribution in [2.75, 3.05) is 33.4 Å². The Morgan fingerprint density at radius 1 is 0.875 bits per heavy atom. The van der Waals surface area contributed by atoms with Gasteiger partial charge in [-0.05, 0) is 18.2 Å². The number of nitrogens with zero attached hydrogens (tertiary/aromatic N) is 1. The molecule has 0 radical (unpaired) electrons. The molecule has 0 spiro atoms. The number of hydrogen-bond acceptors (Lipinski definition) is 4. The van der Waals surface area contributed by atoms with E-state index in [1.165, 1.54) is 5.56 Å². The van der Waals surface area contributed by atoms with Crippen molar-refractivity contribution >= 4 is 0 Å². The molecule has 1 atom stereocenters. The van der Waals surface area contributed by atoms with Crippen LogP contribution in [0, 0.1) is 0 Å². The molecule has 0 bridgehead atoms. The Bertz CT molecular complexity index is 547. The summed E-state index contributed by atoms with van der Waals surface area (Å²) in [6.45, 7) is 3.48. The Hall–Kier alpha value is -1.72. The predicted molar refractivity (Wildman–Crippen MR) is 95.7 cm³/mol. The van der Waals surface area contributed by atoms with E-state index in [9.17, 15) is 5.11 Å². The summed E-state index contributed by atoms with van der Waals surface area (Å²) >= 11 is 0. The van der Waals surface area contributed by atoms with Gasteiger partial charge in [0.25, 0.3) is 0 Å². The van der Waals surface area contributed by atoms with Crippen molar-refractivity contribution in [3.05, 3.63) is 71.8 Å².